The molecule has 0 bridgehead atoms. The number of nitriles is 1. The first-order valence-corrected chi connectivity index (χ1v) is 7.74. The third-order valence-corrected chi connectivity index (χ3v) is 3.58. The summed E-state index contributed by atoms with van der Waals surface area (Å²) in [4.78, 5) is 12.3. The summed E-state index contributed by atoms with van der Waals surface area (Å²) in [6.07, 6.45) is 2.02. The summed E-state index contributed by atoms with van der Waals surface area (Å²) in [5, 5.41) is 11.6. The van der Waals surface area contributed by atoms with Gasteiger partial charge in [-0.2, -0.15) is 5.26 Å². The van der Waals surface area contributed by atoms with Crippen molar-refractivity contribution < 1.29 is 9.53 Å². The number of benzene rings is 2. The summed E-state index contributed by atoms with van der Waals surface area (Å²) >= 11 is 0. The average molecular weight is 308 g/mol. The van der Waals surface area contributed by atoms with Crippen molar-refractivity contribution in [3.63, 3.8) is 0 Å². The molecule has 23 heavy (non-hydrogen) atoms. The number of ether oxygens (including phenoxy) is 1. The minimum atomic E-state index is -0.204. The zero-order valence-electron chi connectivity index (χ0n) is 13.4. The zero-order valence-corrected chi connectivity index (χ0v) is 13.4. The van der Waals surface area contributed by atoms with E-state index in [1.807, 2.05) is 18.2 Å². The first-order valence-electron chi connectivity index (χ1n) is 7.74. The molecule has 0 saturated carbocycles. The number of carbonyl (C=O) groups is 1. The normalized spacial score (nSPS) is 10.2. The number of anilines is 1. The van der Waals surface area contributed by atoms with Gasteiger partial charge in [0.1, 0.15) is 5.75 Å². The topological polar surface area (TPSA) is 62.1 Å². The quantitative estimate of drug-likeness (QED) is 0.861. The van der Waals surface area contributed by atoms with E-state index < -0.39 is 0 Å². The monoisotopic (exact) mass is 308 g/mol. The van der Waals surface area contributed by atoms with Crippen molar-refractivity contribution in [3.05, 3.63) is 59.7 Å². The van der Waals surface area contributed by atoms with Crippen LogP contribution in [-0.4, -0.2) is 12.0 Å². The van der Waals surface area contributed by atoms with Gasteiger partial charge < -0.3 is 10.1 Å². The van der Waals surface area contributed by atoms with Gasteiger partial charge in [0.2, 0.25) is 0 Å². The van der Waals surface area contributed by atoms with E-state index in [9.17, 15) is 4.79 Å². The summed E-state index contributed by atoms with van der Waals surface area (Å²) in [5.41, 5.74) is 1.75. The summed E-state index contributed by atoms with van der Waals surface area (Å²) in [6, 6.07) is 16.0. The first-order chi connectivity index (χ1) is 11.2. The van der Waals surface area contributed by atoms with Crippen molar-refractivity contribution in [1.29, 1.82) is 5.26 Å². The molecular weight excluding hydrogens is 288 g/mol. The Morgan fingerprint density at radius 3 is 2.48 bits per heavy atom. The SMILES string of the molecule is CCC(CC)Oc1cccc(C(=O)Nc2ccc(C#N)cc2)c1. The molecule has 118 valence electrons. The van der Waals surface area contributed by atoms with Gasteiger partial charge in [0, 0.05) is 11.3 Å². The van der Waals surface area contributed by atoms with Gasteiger partial charge in [-0.05, 0) is 55.3 Å². The lowest BCUT2D eigenvalue weighted by Crippen LogP contribution is -2.15. The fourth-order valence-corrected chi connectivity index (χ4v) is 2.19. The van der Waals surface area contributed by atoms with Gasteiger partial charge in [-0.15, -0.1) is 0 Å². The molecule has 1 amide bonds. The van der Waals surface area contributed by atoms with Crippen LogP contribution >= 0.6 is 0 Å². The average Bonchev–Trinajstić information content (AvgIpc) is 2.60. The minimum Gasteiger partial charge on any atom is -0.490 e. The Bertz CT molecular complexity index is 698. The second-order valence-corrected chi connectivity index (χ2v) is 5.23. The number of nitrogens with one attached hydrogen (secondary N) is 1. The van der Waals surface area contributed by atoms with E-state index in [1.165, 1.54) is 0 Å². The third kappa shape index (κ3) is 4.58. The van der Waals surface area contributed by atoms with Crippen LogP contribution in [0.25, 0.3) is 0 Å². The van der Waals surface area contributed by atoms with Gasteiger partial charge in [0.25, 0.3) is 5.91 Å². The molecule has 0 aliphatic carbocycles. The lowest BCUT2D eigenvalue weighted by Gasteiger charge is -2.16. The van der Waals surface area contributed by atoms with Gasteiger partial charge in [-0.25, -0.2) is 0 Å². The summed E-state index contributed by atoms with van der Waals surface area (Å²) in [5.74, 6) is 0.496. The number of nitrogens with zero attached hydrogens (tertiary/aromatic N) is 1. The molecule has 0 saturated heterocycles. The largest absolute Gasteiger partial charge is 0.490 e. The summed E-state index contributed by atoms with van der Waals surface area (Å²) in [7, 11) is 0. The smallest absolute Gasteiger partial charge is 0.255 e. The van der Waals surface area contributed by atoms with Crippen molar-refractivity contribution in [1.82, 2.24) is 0 Å². The first kappa shape index (κ1) is 16.6. The van der Waals surface area contributed by atoms with Crippen LogP contribution in [0.1, 0.15) is 42.6 Å². The number of rotatable bonds is 6. The molecule has 2 rings (SSSR count). The number of hydrogen-bond donors (Lipinski definition) is 1. The zero-order chi connectivity index (χ0) is 16.7. The van der Waals surface area contributed by atoms with E-state index in [2.05, 4.69) is 19.2 Å². The fourth-order valence-electron chi connectivity index (χ4n) is 2.19. The lowest BCUT2D eigenvalue weighted by atomic mass is 10.1. The maximum atomic E-state index is 12.3. The van der Waals surface area contributed by atoms with Gasteiger partial charge in [-0.3, -0.25) is 4.79 Å². The molecule has 0 aromatic heterocycles. The highest BCUT2D eigenvalue weighted by molar-refractivity contribution is 6.04. The Labute approximate surface area is 136 Å². The number of carbonyl (C=O) groups excluding carboxylic acids is 1. The molecule has 0 aliphatic rings. The molecule has 0 radical (unpaired) electrons. The van der Waals surface area contributed by atoms with Crippen molar-refractivity contribution in [2.24, 2.45) is 0 Å². The molecule has 0 spiro atoms. The molecule has 2 aromatic rings. The second kappa shape index (κ2) is 8.00. The van der Waals surface area contributed by atoms with Crippen molar-refractivity contribution in [2.45, 2.75) is 32.8 Å². The maximum Gasteiger partial charge on any atom is 0.255 e. The van der Waals surface area contributed by atoms with Crippen molar-refractivity contribution in [2.75, 3.05) is 5.32 Å². The highest BCUT2D eigenvalue weighted by atomic mass is 16.5. The fraction of sp³-hybridized carbons (Fsp3) is 0.263. The van der Waals surface area contributed by atoms with Crippen LogP contribution in [-0.2, 0) is 0 Å². The van der Waals surface area contributed by atoms with Crippen molar-refractivity contribution >= 4 is 11.6 Å². The molecule has 0 aliphatic heterocycles. The van der Waals surface area contributed by atoms with Gasteiger partial charge in [-0.1, -0.05) is 19.9 Å². The summed E-state index contributed by atoms with van der Waals surface area (Å²) < 4.78 is 5.87. The van der Waals surface area contributed by atoms with Gasteiger partial charge >= 0.3 is 0 Å². The van der Waals surface area contributed by atoms with Crippen LogP contribution in [0.15, 0.2) is 48.5 Å². The second-order valence-electron chi connectivity index (χ2n) is 5.23. The van der Waals surface area contributed by atoms with Crippen LogP contribution in [0.3, 0.4) is 0 Å². The Balaban J connectivity index is 2.08. The molecule has 4 nitrogen and oxygen atoms in total. The Morgan fingerprint density at radius 1 is 1.17 bits per heavy atom. The van der Waals surface area contributed by atoms with Crippen LogP contribution in [0.4, 0.5) is 5.69 Å². The number of amides is 1. The van der Waals surface area contributed by atoms with E-state index in [1.54, 1.807) is 36.4 Å². The van der Waals surface area contributed by atoms with Crippen molar-refractivity contribution in [3.8, 4) is 11.8 Å². The van der Waals surface area contributed by atoms with E-state index in [0.717, 1.165) is 12.8 Å². The molecule has 0 atom stereocenters. The standard InChI is InChI=1S/C19H20N2O2/c1-3-17(4-2)23-18-7-5-6-15(12-18)19(22)21-16-10-8-14(13-20)9-11-16/h5-12,17H,3-4H2,1-2H3,(H,21,22). The molecule has 0 heterocycles. The highest BCUT2D eigenvalue weighted by Gasteiger charge is 2.10. The van der Waals surface area contributed by atoms with Crippen LogP contribution in [0.2, 0.25) is 0 Å². The summed E-state index contributed by atoms with van der Waals surface area (Å²) in [6.45, 7) is 4.16. The molecule has 0 fully saturated rings. The third-order valence-electron chi connectivity index (χ3n) is 3.58. The van der Waals surface area contributed by atoms with E-state index in [4.69, 9.17) is 10.00 Å². The van der Waals surface area contributed by atoms with E-state index in [0.29, 0.717) is 22.6 Å². The predicted octanol–water partition coefficient (Wildman–Crippen LogP) is 4.38. The van der Waals surface area contributed by atoms with Crippen LogP contribution in [0.5, 0.6) is 5.75 Å². The highest BCUT2D eigenvalue weighted by Crippen LogP contribution is 2.18. The Kier molecular flexibility index (Phi) is 5.76. The molecular formula is C19H20N2O2. The molecule has 1 N–H and O–H groups in total. The predicted molar refractivity (Wildman–Crippen MR) is 90.6 cm³/mol. The Hall–Kier alpha value is -2.80. The molecule has 4 heteroatoms. The Morgan fingerprint density at radius 2 is 1.87 bits per heavy atom. The van der Waals surface area contributed by atoms with Crippen LogP contribution < -0.4 is 10.1 Å². The number of hydrogen-bond acceptors (Lipinski definition) is 3. The van der Waals surface area contributed by atoms with Gasteiger partial charge in [0.05, 0.1) is 17.7 Å². The van der Waals surface area contributed by atoms with Crippen LogP contribution in [0, 0.1) is 11.3 Å². The van der Waals surface area contributed by atoms with E-state index >= 15 is 0 Å². The lowest BCUT2D eigenvalue weighted by molar-refractivity contribution is 0.102. The maximum absolute atomic E-state index is 12.3. The minimum absolute atomic E-state index is 0.159. The van der Waals surface area contributed by atoms with Gasteiger partial charge in [0.15, 0.2) is 0 Å². The molecule has 0 unspecified atom stereocenters. The molecule has 2 aromatic carbocycles. The van der Waals surface area contributed by atoms with E-state index in [-0.39, 0.29) is 12.0 Å².